The number of hydrogen-bond donors (Lipinski definition) is 4. The number of rotatable bonds is 9. The highest BCUT2D eigenvalue weighted by atomic mass is 16.5. The van der Waals surface area contributed by atoms with E-state index in [4.69, 9.17) is 9.47 Å². The zero-order valence-electron chi connectivity index (χ0n) is 27.6. The van der Waals surface area contributed by atoms with E-state index in [1.165, 1.54) is 0 Å². The van der Waals surface area contributed by atoms with Gasteiger partial charge in [-0.05, 0) is 94.7 Å². The predicted molar refractivity (Wildman–Crippen MR) is 187 cm³/mol. The maximum Gasteiger partial charge on any atom is 0.323 e. The van der Waals surface area contributed by atoms with Gasteiger partial charge in [0.25, 0.3) is 0 Å². The van der Waals surface area contributed by atoms with Gasteiger partial charge in [0, 0.05) is 64.8 Å². The van der Waals surface area contributed by atoms with Gasteiger partial charge in [0.2, 0.25) is 11.7 Å². The molecule has 4 N–H and O–H groups in total. The van der Waals surface area contributed by atoms with Crippen molar-refractivity contribution >= 4 is 51.8 Å². The van der Waals surface area contributed by atoms with Crippen LogP contribution in [0.1, 0.15) is 33.7 Å². The fourth-order valence-electron chi connectivity index (χ4n) is 5.68. The lowest BCUT2D eigenvalue weighted by Crippen LogP contribution is -2.21. The Labute approximate surface area is 277 Å². The predicted octanol–water partition coefficient (Wildman–Crippen LogP) is 6.34. The maximum atomic E-state index is 13.7. The summed E-state index contributed by atoms with van der Waals surface area (Å²) in [6.45, 7) is 4.60. The molecule has 5 aromatic rings. The van der Waals surface area contributed by atoms with Crippen LogP contribution in [0, 0.1) is 13.8 Å². The molecule has 0 unspecified atom stereocenters. The number of hydrogen-bond acceptors (Lipinski definition) is 7. The molecule has 0 aliphatic carbocycles. The lowest BCUT2D eigenvalue weighted by atomic mass is 10.0. The quantitative estimate of drug-likeness (QED) is 0.137. The highest BCUT2D eigenvalue weighted by molar-refractivity contribution is 6.16. The number of Topliss-reactive ketones (excluding diaryl/α,β-unsaturated/α-hetero) is 1. The van der Waals surface area contributed by atoms with Gasteiger partial charge in [-0.1, -0.05) is 0 Å². The molecule has 0 bridgehead atoms. The van der Waals surface area contributed by atoms with Gasteiger partial charge in [-0.3, -0.25) is 14.3 Å². The number of nitrogens with one attached hydrogen (secondary N) is 4. The van der Waals surface area contributed by atoms with Gasteiger partial charge in [0.15, 0.2) is 5.76 Å². The second-order valence-electron chi connectivity index (χ2n) is 11.9. The van der Waals surface area contributed by atoms with Crippen LogP contribution in [-0.4, -0.2) is 65.1 Å². The van der Waals surface area contributed by atoms with Crippen LogP contribution in [0.3, 0.4) is 0 Å². The summed E-state index contributed by atoms with van der Waals surface area (Å²) in [6, 6.07) is 17.0. The maximum absolute atomic E-state index is 13.7. The zero-order valence-corrected chi connectivity index (χ0v) is 27.6. The van der Waals surface area contributed by atoms with Gasteiger partial charge in [0.1, 0.15) is 11.5 Å². The number of aryl methyl sites for hydroxylation is 2. The number of methoxy groups -OCH3 is 1. The molecule has 0 radical (unpaired) electrons. The first-order valence-corrected chi connectivity index (χ1v) is 15.4. The first kappa shape index (κ1) is 32.1. The summed E-state index contributed by atoms with van der Waals surface area (Å²) >= 11 is 0. The first-order valence-electron chi connectivity index (χ1n) is 15.4. The molecule has 0 spiro atoms. The zero-order chi connectivity index (χ0) is 34.1. The van der Waals surface area contributed by atoms with E-state index in [1.54, 1.807) is 55.7 Å². The molecule has 1 aliphatic heterocycles. The number of ether oxygens (including phenoxy) is 2. The van der Waals surface area contributed by atoms with Crippen molar-refractivity contribution in [2.45, 2.75) is 20.3 Å². The van der Waals surface area contributed by atoms with Crippen LogP contribution in [0.25, 0.3) is 28.2 Å². The topological polar surface area (TPSA) is 143 Å². The third-order valence-corrected chi connectivity index (χ3v) is 8.22. The Balaban J connectivity index is 1.20. The van der Waals surface area contributed by atoms with Gasteiger partial charge in [0.05, 0.1) is 24.1 Å². The molecule has 6 rings (SSSR count). The van der Waals surface area contributed by atoms with Crippen molar-refractivity contribution in [1.29, 1.82) is 0 Å². The van der Waals surface area contributed by atoms with E-state index in [1.807, 2.05) is 62.8 Å². The number of anilines is 3. The Kier molecular flexibility index (Phi) is 8.74. The van der Waals surface area contributed by atoms with E-state index >= 15 is 0 Å². The van der Waals surface area contributed by atoms with Crippen LogP contribution in [0.5, 0.6) is 11.5 Å². The van der Waals surface area contributed by atoms with Crippen LogP contribution in [0.15, 0.2) is 66.4 Å². The second-order valence-corrected chi connectivity index (χ2v) is 11.9. The van der Waals surface area contributed by atoms with Crippen molar-refractivity contribution in [2.24, 2.45) is 7.05 Å². The highest BCUT2D eigenvalue weighted by Crippen LogP contribution is 2.39. The first-order chi connectivity index (χ1) is 23.0. The van der Waals surface area contributed by atoms with Crippen LogP contribution in [0.2, 0.25) is 0 Å². The smallest absolute Gasteiger partial charge is 0.323 e. The van der Waals surface area contributed by atoms with Crippen molar-refractivity contribution in [1.82, 2.24) is 19.7 Å². The van der Waals surface area contributed by atoms with Crippen molar-refractivity contribution in [3.63, 3.8) is 0 Å². The van der Waals surface area contributed by atoms with Crippen molar-refractivity contribution in [3.05, 3.63) is 88.9 Å². The summed E-state index contributed by atoms with van der Waals surface area (Å²) in [5, 5.41) is 13.8. The molecule has 3 amide bonds. The van der Waals surface area contributed by atoms with E-state index in [-0.39, 0.29) is 17.4 Å². The number of carbonyl (C=O) groups is 3. The van der Waals surface area contributed by atoms with E-state index in [0.717, 1.165) is 39.1 Å². The van der Waals surface area contributed by atoms with E-state index in [9.17, 15) is 14.4 Å². The lowest BCUT2D eigenvalue weighted by Gasteiger charge is -2.11. The molecule has 3 heterocycles. The highest BCUT2D eigenvalue weighted by Gasteiger charge is 2.29. The van der Waals surface area contributed by atoms with Gasteiger partial charge in [-0.2, -0.15) is 5.10 Å². The Hall–Kier alpha value is -5.88. The summed E-state index contributed by atoms with van der Waals surface area (Å²) in [5.74, 6) is 0.843. The normalized spacial score (nSPS) is 13.1. The average Bonchev–Trinajstić information content (AvgIpc) is 3.65. The largest absolute Gasteiger partial charge is 0.497 e. The van der Waals surface area contributed by atoms with Crippen LogP contribution in [-0.2, 0) is 11.8 Å². The van der Waals surface area contributed by atoms with Gasteiger partial charge >= 0.3 is 6.03 Å². The molecule has 0 saturated heterocycles. The number of ketones is 1. The van der Waals surface area contributed by atoms with Crippen LogP contribution >= 0.6 is 0 Å². The van der Waals surface area contributed by atoms with Gasteiger partial charge < -0.3 is 35.3 Å². The molecular formula is C36H37N7O5. The minimum Gasteiger partial charge on any atom is -0.497 e. The molecule has 48 heavy (non-hydrogen) atoms. The standard InChI is InChI=1S/C36H37N7O5/c1-20-33(21(2)43(5)41-20)34-27(26-18-25(47-6)12-13-29(26)40-34)19-31-35(45)28-17-24(11-14-30(28)48-31)39-36(46)38-23-9-7-22(8-10-23)37-32(44)15-16-42(3)4/h7-14,17-19,40H,15-16H2,1-6H3,(H,37,44)(H2,38,39,46). The number of aromatic amines is 1. The number of benzene rings is 3. The van der Waals surface area contributed by atoms with E-state index < -0.39 is 6.03 Å². The van der Waals surface area contributed by atoms with Crippen LogP contribution in [0.4, 0.5) is 21.9 Å². The molecule has 1 aliphatic rings. The minimum absolute atomic E-state index is 0.0869. The molecule has 2 aromatic heterocycles. The summed E-state index contributed by atoms with van der Waals surface area (Å²) in [6.07, 6.45) is 2.13. The molecule has 3 aromatic carbocycles. The third-order valence-electron chi connectivity index (χ3n) is 8.22. The van der Waals surface area contributed by atoms with Gasteiger partial charge in [-0.25, -0.2) is 4.79 Å². The molecular weight excluding hydrogens is 610 g/mol. The fourth-order valence-corrected chi connectivity index (χ4v) is 5.68. The monoisotopic (exact) mass is 647 g/mol. The number of allylic oxidation sites excluding steroid dienone is 1. The Bertz CT molecular complexity index is 2090. The number of amides is 3. The van der Waals surface area contributed by atoms with E-state index in [2.05, 4.69) is 26.0 Å². The molecule has 0 fully saturated rings. The molecule has 0 saturated carbocycles. The number of carbonyl (C=O) groups excluding carboxylic acids is 3. The molecule has 12 nitrogen and oxygen atoms in total. The number of fused-ring (bicyclic) bond motifs is 2. The average molecular weight is 648 g/mol. The third kappa shape index (κ3) is 6.51. The van der Waals surface area contributed by atoms with Crippen LogP contribution < -0.4 is 25.4 Å². The minimum atomic E-state index is -0.487. The summed E-state index contributed by atoms with van der Waals surface area (Å²) in [5.41, 5.74) is 7.16. The van der Waals surface area contributed by atoms with E-state index in [0.29, 0.717) is 47.1 Å². The lowest BCUT2D eigenvalue weighted by molar-refractivity contribution is -0.116. The number of aromatic nitrogens is 3. The molecule has 0 atom stereocenters. The van der Waals surface area contributed by atoms with Crippen molar-refractivity contribution < 1.29 is 23.9 Å². The summed E-state index contributed by atoms with van der Waals surface area (Å²) < 4.78 is 13.4. The number of urea groups is 1. The number of nitrogens with zero attached hydrogens (tertiary/aromatic N) is 3. The Morgan fingerprint density at radius 1 is 0.979 bits per heavy atom. The Morgan fingerprint density at radius 3 is 2.33 bits per heavy atom. The summed E-state index contributed by atoms with van der Waals surface area (Å²) in [4.78, 5) is 44.0. The van der Waals surface area contributed by atoms with Crippen molar-refractivity contribution in [3.8, 4) is 22.8 Å². The van der Waals surface area contributed by atoms with Gasteiger partial charge in [-0.15, -0.1) is 0 Å². The molecule has 12 heteroatoms. The fraction of sp³-hybridized carbons (Fsp3) is 0.222. The SMILES string of the molecule is COc1ccc2[nH]c(-c3c(C)nn(C)c3C)c(C=C3Oc4ccc(NC(=O)Nc5ccc(NC(=O)CCN(C)C)cc5)cc4C3=O)c2c1. The second kappa shape index (κ2) is 13.1. The van der Waals surface area contributed by atoms with Crippen molar-refractivity contribution in [2.75, 3.05) is 43.7 Å². The number of H-pyrrole nitrogens is 1. The molecule has 246 valence electrons. The Morgan fingerprint density at radius 2 is 1.67 bits per heavy atom. The summed E-state index contributed by atoms with van der Waals surface area (Å²) in [7, 11) is 7.33.